The van der Waals surface area contributed by atoms with Gasteiger partial charge in [0.2, 0.25) is 0 Å². The third-order valence-corrected chi connectivity index (χ3v) is 6.65. The van der Waals surface area contributed by atoms with Gasteiger partial charge in [0, 0.05) is 31.9 Å². The van der Waals surface area contributed by atoms with E-state index >= 15 is 0 Å². The van der Waals surface area contributed by atoms with Crippen molar-refractivity contribution in [2.24, 2.45) is 13.0 Å². The van der Waals surface area contributed by atoms with E-state index in [0.717, 1.165) is 43.8 Å². The van der Waals surface area contributed by atoms with Gasteiger partial charge in [-0.25, -0.2) is 4.79 Å². The Morgan fingerprint density at radius 1 is 1.16 bits per heavy atom. The number of methoxy groups -OCH3 is 1. The molecule has 0 spiro atoms. The summed E-state index contributed by atoms with van der Waals surface area (Å²) in [5, 5.41) is 7.24. The van der Waals surface area contributed by atoms with Gasteiger partial charge in [-0.2, -0.15) is 5.10 Å². The summed E-state index contributed by atoms with van der Waals surface area (Å²) in [6, 6.07) is 7.44. The van der Waals surface area contributed by atoms with Crippen molar-refractivity contribution in [2.45, 2.75) is 38.3 Å². The highest BCUT2D eigenvalue weighted by atomic mass is 16.5. The second kappa shape index (κ2) is 8.70. The molecule has 2 aromatic rings. The number of ether oxygens (including phenoxy) is 1. The number of aryl methyl sites for hydroxylation is 1. The first-order chi connectivity index (χ1) is 14.9. The number of carbonyl (C=O) groups is 2. The number of carbonyl (C=O) groups excluding carboxylic acids is 2. The lowest BCUT2D eigenvalue weighted by Crippen LogP contribution is -2.53. The van der Waals surface area contributed by atoms with Gasteiger partial charge in [0.1, 0.15) is 11.3 Å². The van der Waals surface area contributed by atoms with Crippen LogP contribution in [0.3, 0.4) is 0 Å². The van der Waals surface area contributed by atoms with Gasteiger partial charge in [-0.1, -0.05) is 12.1 Å². The molecule has 1 aromatic carbocycles. The summed E-state index contributed by atoms with van der Waals surface area (Å²) in [4.78, 5) is 29.6. The lowest BCUT2D eigenvalue weighted by atomic mass is 9.79. The van der Waals surface area contributed by atoms with Crippen LogP contribution in [-0.2, 0) is 24.8 Å². The quantitative estimate of drug-likeness (QED) is 0.688. The number of imide groups is 1. The maximum absolute atomic E-state index is 13.2. The van der Waals surface area contributed by atoms with Gasteiger partial charge in [0.05, 0.1) is 13.3 Å². The molecule has 0 bridgehead atoms. The normalized spacial score (nSPS) is 22.7. The fourth-order valence-corrected chi connectivity index (χ4v) is 4.71. The number of amides is 3. The molecule has 3 heterocycles. The van der Waals surface area contributed by atoms with Gasteiger partial charge in [-0.15, -0.1) is 0 Å². The highest BCUT2D eigenvalue weighted by Gasteiger charge is 2.52. The van der Waals surface area contributed by atoms with Crippen LogP contribution in [0.2, 0.25) is 0 Å². The van der Waals surface area contributed by atoms with Gasteiger partial charge in [-0.3, -0.25) is 19.3 Å². The molecule has 166 valence electrons. The van der Waals surface area contributed by atoms with E-state index in [1.54, 1.807) is 7.11 Å². The third-order valence-electron chi connectivity index (χ3n) is 6.65. The summed E-state index contributed by atoms with van der Waals surface area (Å²) in [6.07, 6.45) is 6.33. The molecule has 2 aliphatic heterocycles. The molecule has 0 saturated carbocycles. The number of benzene rings is 1. The van der Waals surface area contributed by atoms with Crippen LogP contribution in [-0.4, -0.2) is 63.8 Å². The maximum Gasteiger partial charge on any atom is 0.325 e. The molecule has 1 aromatic heterocycles. The fourth-order valence-electron chi connectivity index (χ4n) is 4.71. The summed E-state index contributed by atoms with van der Waals surface area (Å²) in [5.74, 6) is 0.831. The zero-order valence-corrected chi connectivity index (χ0v) is 18.5. The van der Waals surface area contributed by atoms with E-state index in [2.05, 4.69) is 15.3 Å². The molecule has 2 saturated heterocycles. The number of urea groups is 1. The number of nitrogens with one attached hydrogen (secondary N) is 1. The van der Waals surface area contributed by atoms with E-state index in [9.17, 15) is 9.59 Å². The van der Waals surface area contributed by atoms with Gasteiger partial charge in [0.15, 0.2) is 0 Å². The van der Waals surface area contributed by atoms with Crippen molar-refractivity contribution in [2.75, 3.05) is 26.7 Å². The van der Waals surface area contributed by atoms with Crippen LogP contribution in [0.5, 0.6) is 5.75 Å². The topological polar surface area (TPSA) is 79.7 Å². The first-order valence-electron chi connectivity index (χ1n) is 10.9. The fraction of sp³-hybridized carbons (Fsp3) is 0.522. The highest BCUT2D eigenvalue weighted by molar-refractivity contribution is 6.07. The smallest absolute Gasteiger partial charge is 0.325 e. The standard InChI is InChI=1S/C23H31N5O3/c1-23(19-9-11-27(12-10-19)16-18-14-24-26(2)15-18)21(29)28(22(30)25-23)13-8-17-4-6-20(31-3)7-5-17/h4-7,14-15,19H,8-13,16H2,1-3H3,(H,25,30)/t23-/m1/s1. The number of aromatic nitrogens is 2. The number of likely N-dealkylation sites (tertiary alicyclic amines) is 1. The highest BCUT2D eigenvalue weighted by Crippen LogP contribution is 2.34. The average Bonchev–Trinajstić information content (AvgIpc) is 3.28. The predicted octanol–water partition coefficient (Wildman–Crippen LogP) is 2.19. The van der Waals surface area contributed by atoms with E-state index in [1.807, 2.05) is 55.3 Å². The van der Waals surface area contributed by atoms with E-state index < -0.39 is 5.54 Å². The van der Waals surface area contributed by atoms with Crippen molar-refractivity contribution in [3.63, 3.8) is 0 Å². The molecule has 2 aliphatic rings. The van der Waals surface area contributed by atoms with Crippen LogP contribution in [0.1, 0.15) is 30.9 Å². The molecule has 2 fully saturated rings. The van der Waals surface area contributed by atoms with E-state index in [-0.39, 0.29) is 17.9 Å². The lowest BCUT2D eigenvalue weighted by Gasteiger charge is -2.38. The summed E-state index contributed by atoms with van der Waals surface area (Å²) in [7, 11) is 3.55. The maximum atomic E-state index is 13.2. The Labute approximate surface area is 183 Å². The largest absolute Gasteiger partial charge is 0.497 e. The molecule has 8 nitrogen and oxygen atoms in total. The van der Waals surface area contributed by atoms with Crippen LogP contribution < -0.4 is 10.1 Å². The van der Waals surface area contributed by atoms with E-state index in [0.29, 0.717) is 13.0 Å². The van der Waals surface area contributed by atoms with Gasteiger partial charge >= 0.3 is 6.03 Å². The minimum Gasteiger partial charge on any atom is -0.497 e. The van der Waals surface area contributed by atoms with Gasteiger partial charge < -0.3 is 10.1 Å². The second-order valence-electron chi connectivity index (χ2n) is 8.76. The third kappa shape index (κ3) is 4.44. The summed E-state index contributed by atoms with van der Waals surface area (Å²) >= 11 is 0. The predicted molar refractivity (Wildman–Crippen MR) is 117 cm³/mol. The minimum atomic E-state index is -0.822. The molecule has 0 aliphatic carbocycles. The van der Waals surface area contributed by atoms with Crippen molar-refractivity contribution in [3.8, 4) is 5.75 Å². The number of nitrogens with zero attached hydrogens (tertiary/aromatic N) is 4. The Morgan fingerprint density at radius 3 is 2.48 bits per heavy atom. The van der Waals surface area contributed by atoms with Crippen molar-refractivity contribution in [3.05, 3.63) is 47.8 Å². The average molecular weight is 426 g/mol. The van der Waals surface area contributed by atoms with Crippen molar-refractivity contribution >= 4 is 11.9 Å². The van der Waals surface area contributed by atoms with Crippen molar-refractivity contribution < 1.29 is 14.3 Å². The molecule has 4 rings (SSSR count). The van der Waals surface area contributed by atoms with Gasteiger partial charge in [0.25, 0.3) is 5.91 Å². The lowest BCUT2D eigenvalue weighted by molar-refractivity contribution is -0.133. The molecule has 1 N–H and O–H groups in total. The molecular weight excluding hydrogens is 394 g/mol. The first kappa shape index (κ1) is 21.4. The Balaban J connectivity index is 1.33. The SMILES string of the molecule is COc1ccc(CCN2C(=O)N[C@](C)(C3CCN(Cc4cnn(C)c4)CC3)C2=O)cc1. The van der Waals surface area contributed by atoms with Crippen LogP contribution >= 0.6 is 0 Å². The number of rotatable bonds is 7. The minimum absolute atomic E-state index is 0.100. The second-order valence-corrected chi connectivity index (χ2v) is 8.76. The van der Waals surface area contributed by atoms with Crippen LogP contribution in [0.4, 0.5) is 4.79 Å². The summed E-state index contributed by atoms with van der Waals surface area (Å²) in [5.41, 5.74) is 1.44. The zero-order chi connectivity index (χ0) is 22.0. The van der Waals surface area contributed by atoms with E-state index in [1.165, 1.54) is 10.5 Å². The molecule has 0 radical (unpaired) electrons. The Morgan fingerprint density at radius 2 is 1.87 bits per heavy atom. The number of hydrogen-bond acceptors (Lipinski definition) is 5. The van der Waals surface area contributed by atoms with Crippen LogP contribution in [0.25, 0.3) is 0 Å². The molecule has 0 unspecified atom stereocenters. The Bertz CT molecular complexity index is 933. The summed E-state index contributed by atoms with van der Waals surface area (Å²) in [6.45, 7) is 4.95. The Kier molecular flexibility index (Phi) is 6.00. The van der Waals surface area contributed by atoms with E-state index in [4.69, 9.17) is 4.74 Å². The van der Waals surface area contributed by atoms with Crippen molar-refractivity contribution in [1.29, 1.82) is 0 Å². The molecule has 3 amide bonds. The molecule has 1 atom stereocenters. The molecule has 31 heavy (non-hydrogen) atoms. The van der Waals surface area contributed by atoms with Gasteiger partial charge in [-0.05, 0) is 62.9 Å². The summed E-state index contributed by atoms with van der Waals surface area (Å²) < 4.78 is 7.00. The number of hydrogen-bond donors (Lipinski definition) is 1. The number of piperidine rings is 1. The zero-order valence-electron chi connectivity index (χ0n) is 18.5. The van der Waals surface area contributed by atoms with Crippen LogP contribution in [0.15, 0.2) is 36.7 Å². The van der Waals surface area contributed by atoms with Crippen molar-refractivity contribution in [1.82, 2.24) is 24.9 Å². The first-order valence-corrected chi connectivity index (χ1v) is 10.9. The Hall–Kier alpha value is -2.87. The van der Waals surface area contributed by atoms with Crippen LogP contribution in [0, 0.1) is 5.92 Å². The molecule has 8 heteroatoms. The monoisotopic (exact) mass is 425 g/mol. The molecular formula is C23H31N5O3.